The molecule has 0 amide bonds. The SMILES string of the molecule is C[B]c1cc2ccccc2c2ccccc12.[Y]. The van der Waals surface area contributed by atoms with Gasteiger partial charge in [-0.25, -0.2) is 0 Å². The molecule has 0 unspecified atom stereocenters. The first kappa shape index (κ1) is 12.8. The van der Waals surface area contributed by atoms with Gasteiger partial charge >= 0.3 is 0 Å². The van der Waals surface area contributed by atoms with Crippen LogP contribution in [0.15, 0.2) is 54.6 Å². The summed E-state index contributed by atoms with van der Waals surface area (Å²) in [6.45, 7) is 2.09. The molecular formula is C15H12BY. The van der Waals surface area contributed by atoms with Crippen LogP contribution in [0.2, 0.25) is 6.82 Å². The fourth-order valence-corrected chi connectivity index (χ4v) is 2.32. The molecule has 0 saturated carbocycles. The van der Waals surface area contributed by atoms with Crippen LogP contribution in [0, 0.1) is 0 Å². The van der Waals surface area contributed by atoms with E-state index >= 15 is 0 Å². The van der Waals surface area contributed by atoms with E-state index in [9.17, 15) is 0 Å². The van der Waals surface area contributed by atoms with Gasteiger partial charge in [0.05, 0.1) is 0 Å². The van der Waals surface area contributed by atoms with Crippen LogP contribution in [0.4, 0.5) is 0 Å². The van der Waals surface area contributed by atoms with Crippen LogP contribution in [0.3, 0.4) is 0 Å². The van der Waals surface area contributed by atoms with Gasteiger partial charge in [-0.2, -0.15) is 0 Å². The number of hydrogen-bond donors (Lipinski definition) is 0. The Balaban J connectivity index is 0.00000108. The molecule has 0 atom stereocenters. The van der Waals surface area contributed by atoms with E-state index in [1.165, 1.54) is 27.0 Å². The van der Waals surface area contributed by atoms with Gasteiger partial charge in [-0.05, 0) is 21.5 Å². The van der Waals surface area contributed by atoms with Gasteiger partial charge in [0.15, 0.2) is 0 Å². The molecular weight excluding hydrogens is 280 g/mol. The summed E-state index contributed by atoms with van der Waals surface area (Å²) >= 11 is 0. The monoisotopic (exact) mass is 292 g/mol. The van der Waals surface area contributed by atoms with Crippen LogP contribution in [0.1, 0.15) is 0 Å². The van der Waals surface area contributed by atoms with Gasteiger partial charge in [-0.1, -0.05) is 66.9 Å². The summed E-state index contributed by atoms with van der Waals surface area (Å²) in [7, 11) is 2.18. The van der Waals surface area contributed by atoms with Crippen molar-refractivity contribution in [3.8, 4) is 0 Å². The Morgan fingerprint density at radius 2 is 1.35 bits per heavy atom. The van der Waals surface area contributed by atoms with Crippen molar-refractivity contribution in [2.45, 2.75) is 6.82 Å². The van der Waals surface area contributed by atoms with E-state index in [1.807, 2.05) is 0 Å². The second-order valence-electron chi connectivity index (χ2n) is 4.02. The third kappa shape index (κ3) is 2.19. The molecule has 0 aliphatic rings. The Hall–Kier alpha value is -0.651. The molecule has 0 bridgehead atoms. The largest absolute Gasteiger partial charge is 0.149 e. The fourth-order valence-electron chi connectivity index (χ4n) is 2.32. The molecule has 0 aromatic heterocycles. The van der Waals surface area contributed by atoms with E-state index < -0.39 is 0 Å². The molecule has 0 saturated heterocycles. The molecule has 3 aromatic carbocycles. The average Bonchev–Trinajstić information content (AvgIpc) is 2.38. The van der Waals surface area contributed by atoms with E-state index in [4.69, 9.17) is 0 Å². The average molecular weight is 292 g/mol. The summed E-state index contributed by atoms with van der Waals surface area (Å²) in [6, 6.07) is 19.4. The molecule has 0 fully saturated rings. The minimum absolute atomic E-state index is 0. The predicted octanol–water partition coefficient (Wildman–Crippen LogP) is 3.37. The van der Waals surface area contributed by atoms with Crippen LogP contribution in [-0.4, -0.2) is 7.28 Å². The number of rotatable bonds is 1. The molecule has 0 spiro atoms. The summed E-state index contributed by atoms with van der Waals surface area (Å²) < 4.78 is 0. The molecule has 3 rings (SSSR count). The van der Waals surface area contributed by atoms with Crippen molar-refractivity contribution in [3.63, 3.8) is 0 Å². The maximum atomic E-state index is 2.26. The second kappa shape index (κ2) is 5.33. The van der Waals surface area contributed by atoms with Gasteiger partial charge in [-0.15, -0.1) is 0 Å². The molecule has 2 heteroatoms. The summed E-state index contributed by atoms with van der Waals surface area (Å²) in [6.07, 6.45) is 0. The maximum absolute atomic E-state index is 2.26. The molecule has 0 aliphatic carbocycles. The second-order valence-corrected chi connectivity index (χ2v) is 4.02. The first-order valence-electron chi connectivity index (χ1n) is 5.60. The van der Waals surface area contributed by atoms with Crippen molar-refractivity contribution >= 4 is 34.3 Å². The normalized spacial score (nSPS) is 10.2. The molecule has 0 aliphatic heterocycles. The zero-order chi connectivity index (χ0) is 11.0. The molecule has 78 valence electrons. The maximum Gasteiger partial charge on any atom is 0.149 e. The van der Waals surface area contributed by atoms with E-state index in [-0.39, 0.29) is 32.7 Å². The smallest absolute Gasteiger partial charge is 0.0872 e. The molecule has 3 aromatic rings. The molecule has 0 nitrogen and oxygen atoms in total. The predicted molar refractivity (Wildman–Crippen MR) is 72.7 cm³/mol. The molecule has 0 heterocycles. The van der Waals surface area contributed by atoms with Crippen LogP contribution in [0.5, 0.6) is 0 Å². The van der Waals surface area contributed by atoms with Gasteiger partial charge < -0.3 is 0 Å². The van der Waals surface area contributed by atoms with Crippen LogP contribution in [-0.2, 0) is 32.7 Å². The van der Waals surface area contributed by atoms with Gasteiger partial charge in [0, 0.05) is 32.7 Å². The zero-order valence-corrected chi connectivity index (χ0v) is 12.7. The van der Waals surface area contributed by atoms with Gasteiger partial charge in [-0.3, -0.25) is 0 Å². The number of hydrogen-bond acceptors (Lipinski definition) is 0. The van der Waals surface area contributed by atoms with Crippen molar-refractivity contribution < 1.29 is 32.7 Å². The quantitative estimate of drug-likeness (QED) is 0.476. The van der Waals surface area contributed by atoms with Crippen molar-refractivity contribution in [1.82, 2.24) is 0 Å². The first-order chi connectivity index (χ1) is 7.90. The van der Waals surface area contributed by atoms with Crippen molar-refractivity contribution in [3.05, 3.63) is 54.6 Å². The van der Waals surface area contributed by atoms with Crippen molar-refractivity contribution in [2.24, 2.45) is 0 Å². The van der Waals surface area contributed by atoms with Crippen LogP contribution in [0.25, 0.3) is 21.5 Å². The Morgan fingerprint density at radius 3 is 2.06 bits per heavy atom. The van der Waals surface area contributed by atoms with E-state index in [2.05, 4.69) is 68.7 Å². The van der Waals surface area contributed by atoms with Gasteiger partial charge in [0.1, 0.15) is 7.28 Å². The van der Waals surface area contributed by atoms with Crippen LogP contribution < -0.4 is 5.46 Å². The standard InChI is InChI=1S/C15H12B.Y/c1-16-15-10-11-6-2-3-7-12(11)13-8-4-5-9-14(13)15;/h2-10H,1H3;. The minimum atomic E-state index is 0. The molecule has 17 heavy (non-hydrogen) atoms. The first-order valence-corrected chi connectivity index (χ1v) is 5.60. The number of fused-ring (bicyclic) bond motifs is 3. The Kier molecular flexibility index (Phi) is 4.01. The van der Waals surface area contributed by atoms with Gasteiger partial charge in [0.25, 0.3) is 0 Å². The Labute approximate surface area is 128 Å². The van der Waals surface area contributed by atoms with Crippen molar-refractivity contribution in [2.75, 3.05) is 0 Å². The third-order valence-corrected chi connectivity index (χ3v) is 3.11. The van der Waals surface area contributed by atoms with Crippen molar-refractivity contribution in [1.29, 1.82) is 0 Å². The summed E-state index contributed by atoms with van der Waals surface area (Å²) in [4.78, 5) is 0. The van der Waals surface area contributed by atoms with Gasteiger partial charge in [0.2, 0.25) is 0 Å². The molecule has 0 N–H and O–H groups in total. The van der Waals surface area contributed by atoms with E-state index in [0.29, 0.717) is 0 Å². The number of benzene rings is 3. The summed E-state index contributed by atoms with van der Waals surface area (Å²) in [5.74, 6) is 0. The Morgan fingerprint density at radius 1 is 0.765 bits per heavy atom. The van der Waals surface area contributed by atoms with E-state index in [0.717, 1.165) is 0 Å². The minimum Gasteiger partial charge on any atom is -0.0872 e. The van der Waals surface area contributed by atoms with E-state index in [1.54, 1.807) is 0 Å². The third-order valence-electron chi connectivity index (χ3n) is 3.11. The summed E-state index contributed by atoms with van der Waals surface area (Å²) in [5, 5.41) is 5.33. The fraction of sp³-hybridized carbons (Fsp3) is 0.0667. The summed E-state index contributed by atoms with van der Waals surface area (Å²) in [5.41, 5.74) is 1.31. The zero-order valence-electron chi connectivity index (χ0n) is 9.85. The topological polar surface area (TPSA) is 0 Å². The molecule has 2 radical (unpaired) electrons. The van der Waals surface area contributed by atoms with Crippen LogP contribution >= 0.6 is 0 Å². The Bertz CT molecular complexity index is 661.